The lowest BCUT2D eigenvalue weighted by Gasteiger charge is -2.32. The number of likely N-dealkylation sites (N-methyl/N-ethyl adjacent to an activating group) is 1. The third kappa shape index (κ3) is 8.09. The molecule has 4 nitrogen and oxygen atoms in total. The predicted octanol–water partition coefficient (Wildman–Crippen LogP) is 4.85. The Morgan fingerprint density at radius 1 is 1.12 bits per heavy atom. The van der Waals surface area contributed by atoms with Crippen molar-refractivity contribution in [3.8, 4) is 5.75 Å². The van der Waals surface area contributed by atoms with Gasteiger partial charge in [-0.15, -0.1) is 0 Å². The van der Waals surface area contributed by atoms with E-state index in [1.54, 1.807) is 6.07 Å². The summed E-state index contributed by atoms with van der Waals surface area (Å²) in [6, 6.07) is 3.92. The van der Waals surface area contributed by atoms with Crippen molar-refractivity contribution in [2.24, 2.45) is 5.92 Å². The first-order chi connectivity index (χ1) is 12.6. The van der Waals surface area contributed by atoms with E-state index in [-0.39, 0.29) is 5.82 Å². The molecule has 0 aromatic heterocycles. The van der Waals surface area contributed by atoms with Crippen molar-refractivity contribution in [1.29, 1.82) is 0 Å². The first-order valence-electron chi connectivity index (χ1n) is 9.38. The normalized spacial score (nSPS) is 17.3. The minimum Gasteiger partial charge on any atom is -0.490 e. The average molecular weight is 370 g/mol. The first-order valence-corrected chi connectivity index (χ1v) is 9.38. The van der Waals surface area contributed by atoms with Crippen molar-refractivity contribution in [3.63, 3.8) is 0 Å². The summed E-state index contributed by atoms with van der Waals surface area (Å²) in [4.78, 5) is 18.3. The topological polar surface area (TPSA) is 46.6 Å². The third-order valence-electron chi connectivity index (χ3n) is 4.21. The highest BCUT2D eigenvalue weighted by atomic mass is 19.1. The SMILES string of the molecule is C=O.C=O.CC.CC.C[C@@H]1c2cc(OCC3CC3)c(F)cc2CCN1C. The summed E-state index contributed by atoms with van der Waals surface area (Å²) in [7, 11) is 2.11. The average Bonchev–Trinajstić information content (AvgIpc) is 3.54. The number of ether oxygens (including phenoxy) is 1. The minimum atomic E-state index is -0.203. The van der Waals surface area contributed by atoms with E-state index in [1.807, 2.05) is 47.3 Å². The zero-order valence-corrected chi connectivity index (χ0v) is 17.3. The second-order valence-electron chi connectivity index (χ2n) is 5.64. The van der Waals surface area contributed by atoms with Gasteiger partial charge in [0.1, 0.15) is 13.6 Å². The number of nitrogens with zero attached hydrogens (tertiary/aromatic N) is 1. The van der Waals surface area contributed by atoms with Crippen molar-refractivity contribution in [3.05, 3.63) is 29.1 Å². The van der Waals surface area contributed by atoms with E-state index in [4.69, 9.17) is 14.3 Å². The monoisotopic (exact) mass is 369 g/mol. The number of hydrogen-bond acceptors (Lipinski definition) is 4. The second kappa shape index (κ2) is 15.5. The largest absolute Gasteiger partial charge is 0.490 e. The molecule has 1 aliphatic carbocycles. The van der Waals surface area contributed by atoms with Crippen molar-refractivity contribution in [2.75, 3.05) is 20.2 Å². The molecule has 0 amide bonds. The van der Waals surface area contributed by atoms with Gasteiger partial charge < -0.3 is 14.3 Å². The molecule has 150 valence electrons. The summed E-state index contributed by atoms with van der Waals surface area (Å²) < 4.78 is 19.6. The van der Waals surface area contributed by atoms with E-state index >= 15 is 0 Å². The lowest BCUT2D eigenvalue weighted by molar-refractivity contribution is -0.0987. The van der Waals surface area contributed by atoms with Crippen LogP contribution in [0.5, 0.6) is 5.75 Å². The van der Waals surface area contributed by atoms with Gasteiger partial charge >= 0.3 is 0 Å². The Hall–Kier alpha value is -1.75. The molecule has 1 atom stereocenters. The summed E-state index contributed by atoms with van der Waals surface area (Å²) in [6.45, 7) is 15.8. The van der Waals surface area contributed by atoms with E-state index < -0.39 is 0 Å². The summed E-state index contributed by atoms with van der Waals surface area (Å²) in [5, 5.41) is 0. The van der Waals surface area contributed by atoms with E-state index in [0.717, 1.165) is 18.5 Å². The van der Waals surface area contributed by atoms with Crippen LogP contribution < -0.4 is 4.74 Å². The summed E-state index contributed by atoms with van der Waals surface area (Å²) in [5.74, 6) is 0.884. The molecular formula is C21H36FNO3. The molecular weight excluding hydrogens is 333 g/mol. The van der Waals surface area contributed by atoms with Crippen molar-refractivity contribution in [2.45, 2.75) is 59.9 Å². The van der Waals surface area contributed by atoms with Crippen LogP contribution in [0, 0.1) is 11.7 Å². The molecule has 0 radical (unpaired) electrons. The van der Waals surface area contributed by atoms with Gasteiger partial charge in [-0.1, -0.05) is 27.7 Å². The highest BCUT2D eigenvalue weighted by molar-refractivity contribution is 5.40. The minimum absolute atomic E-state index is 0.203. The zero-order chi connectivity index (χ0) is 20.7. The van der Waals surface area contributed by atoms with Gasteiger partial charge in [-0.25, -0.2) is 4.39 Å². The van der Waals surface area contributed by atoms with Gasteiger partial charge in [-0.05, 0) is 62.4 Å². The Balaban J connectivity index is 0. The molecule has 5 heteroatoms. The van der Waals surface area contributed by atoms with Crippen LogP contribution in [0.25, 0.3) is 0 Å². The Morgan fingerprint density at radius 3 is 2.15 bits per heavy atom. The number of rotatable bonds is 3. The maximum Gasteiger partial charge on any atom is 0.165 e. The quantitative estimate of drug-likeness (QED) is 0.764. The maximum absolute atomic E-state index is 13.9. The van der Waals surface area contributed by atoms with Crippen LogP contribution in [0.4, 0.5) is 4.39 Å². The van der Waals surface area contributed by atoms with Crippen LogP contribution in [0.1, 0.15) is 64.6 Å². The smallest absolute Gasteiger partial charge is 0.165 e. The van der Waals surface area contributed by atoms with Gasteiger partial charge in [0.05, 0.1) is 6.61 Å². The van der Waals surface area contributed by atoms with Crippen LogP contribution in [0.2, 0.25) is 0 Å². The summed E-state index contributed by atoms with van der Waals surface area (Å²) in [6.07, 6.45) is 3.38. The Morgan fingerprint density at radius 2 is 1.65 bits per heavy atom. The molecule has 0 spiro atoms. The molecule has 1 saturated carbocycles. The van der Waals surface area contributed by atoms with E-state index in [2.05, 4.69) is 18.9 Å². The number of halogens is 1. The fourth-order valence-corrected chi connectivity index (χ4v) is 2.55. The Bertz CT molecular complexity index is 490. The van der Waals surface area contributed by atoms with Crippen LogP contribution >= 0.6 is 0 Å². The molecule has 0 N–H and O–H groups in total. The highest BCUT2D eigenvalue weighted by Crippen LogP contribution is 2.34. The van der Waals surface area contributed by atoms with E-state index in [1.165, 1.54) is 18.4 Å². The van der Waals surface area contributed by atoms with Gasteiger partial charge in [0, 0.05) is 12.6 Å². The third-order valence-corrected chi connectivity index (χ3v) is 4.21. The van der Waals surface area contributed by atoms with Crippen LogP contribution in [-0.2, 0) is 16.0 Å². The van der Waals surface area contributed by atoms with E-state index in [9.17, 15) is 4.39 Å². The fraction of sp³-hybridized carbons (Fsp3) is 0.619. The number of carbonyl (C=O) groups excluding carboxylic acids is 2. The molecule has 2 aliphatic rings. The van der Waals surface area contributed by atoms with Gasteiger partial charge in [0.25, 0.3) is 0 Å². The lowest BCUT2D eigenvalue weighted by Crippen LogP contribution is -2.30. The molecule has 0 saturated heterocycles. The number of fused-ring (bicyclic) bond motifs is 1. The van der Waals surface area contributed by atoms with Crippen molar-refractivity contribution < 1.29 is 18.7 Å². The molecule has 0 unspecified atom stereocenters. The zero-order valence-electron chi connectivity index (χ0n) is 17.3. The standard InChI is InChI=1S/C15H20FNO.2C2H6.2CH2O/c1-10-13-8-15(18-9-11-3-4-11)14(16)7-12(13)5-6-17(10)2;4*1-2/h7-8,10-11H,3-6,9H2,1-2H3;2*1-2H3;2*1H2/t10-;;;;/m1..../s1. The first kappa shape index (κ1) is 26.5. The summed E-state index contributed by atoms with van der Waals surface area (Å²) >= 11 is 0. The van der Waals surface area contributed by atoms with E-state index in [0.29, 0.717) is 24.3 Å². The molecule has 0 bridgehead atoms. The number of benzene rings is 1. The Kier molecular flexibility index (Phi) is 15.8. The molecule has 1 fully saturated rings. The van der Waals surface area contributed by atoms with Crippen molar-refractivity contribution in [1.82, 2.24) is 4.90 Å². The van der Waals surface area contributed by atoms with Gasteiger partial charge in [-0.2, -0.15) is 0 Å². The summed E-state index contributed by atoms with van der Waals surface area (Å²) in [5.41, 5.74) is 2.35. The van der Waals surface area contributed by atoms with Crippen LogP contribution in [0.3, 0.4) is 0 Å². The molecule has 1 aliphatic heterocycles. The maximum atomic E-state index is 13.9. The molecule has 1 heterocycles. The second-order valence-corrected chi connectivity index (χ2v) is 5.64. The van der Waals surface area contributed by atoms with Gasteiger partial charge in [-0.3, -0.25) is 4.90 Å². The predicted molar refractivity (Wildman–Crippen MR) is 106 cm³/mol. The molecule has 3 rings (SSSR count). The highest BCUT2D eigenvalue weighted by Gasteiger charge is 2.25. The van der Waals surface area contributed by atoms with Crippen molar-refractivity contribution >= 4 is 13.6 Å². The van der Waals surface area contributed by atoms with Crippen LogP contribution in [-0.4, -0.2) is 38.7 Å². The number of carbonyl (C=O) groups is 2. The van der Waals surface area contributed by atoms with Gasteiger partial charge in [0.15, 0.2) is 11.6 Å². The van der Waals surface area contributed by atoms with Gasteiger partial charge in [0.2, 0.25) is 0 Å². The Labute approximate surface area is 158 Å². The molecule has 1 aromatic carbocycles. The number of hydrogen-bond donors (Lipinski definition) is 0. The fourth-order valence-electron chi connectivity index (χ4n) is 2.55. The van der Waals surface area contributed by atoms with Crippen LogP contribution in [0.15, 0.2) is 12.1 Å². The lowest BCUT2D eigenvalue weighted by atomic mass is 9.93. The molecule has 1 aromatic rings. The molecule has 26 heavy (non-hydrogen) atoms.